The van der Waals surface area contributed by atoms with Crippen molar-refractivity contribution >= 4 is 29.8 Å². The Bertz CT molecular complexity index is 3310. The molecular formula is C65H72O31. The molecule has 5 saturated heterocycles. The Labute approximate surface area is 545 Å². The van der Waals surface area contributed by atoms with E-state index in [0.717, 1.165) is 0 Å². The van der Waals surface area contributed by atoms with Crippen LogP contribution in [0, 0.1) is 0 Å². The van der Waals surface area contributed by atoms with Gasteiger partial charge in [0.25, 0.3) is 0 Å². The highest BCUT2D eigenvalue weighted by atomic mass is 16.8. The fourth-order valence-electron chi connectivity index (χ4n) is 11.4. The monoisotopic (exact) mass is 1350 g/mol. The molecule has 0 amide bonds. The molecule has 0 saturated carbocycles. The van der Waals surface area contributed by atoms with Crippen molar-refractivity contribution in [1.82, 2.24) is 0 Å². The molecule has 0 aliphatic carbocycles. The van der Waals surface area contributed by atoms with Crippen LogP contribution in [0.15, 0.2) is 152 Å². The Morgan fingerprint density at radius 3 is 0.729 bits per heavy atom. The van der Waals surface area contributed by atoms with E-state index in [0.29, 0.717) is 0 Å². The average Bonchev–Trinajstić information content (AvgIpc) is 0.770. The van der Waals surface area contributed by atoms with Crippen molar-refractivity contribution in [3.8, 4) is 0 Å². The highest BCUT2D eigenvalue weighted by Crippen LogP contribution is 2.40. The van der Waals surface area contributed by atoms with E-state index < -0.39 is 216 Å². The summed E-state index contributed by atoms with van der Waals surface area (Å²) in [5.74, 6) is -5.76. The van der Waals surface area contributed by atoms with Gasteiger partial charge in [-0.2, -0.15) is 0 Å². The summed E-state index contributed by atoms with van der Waals surface area (Å²) in [6.45, 7) is -5.34. The zero-order valence-electron chi connectivity index (χ0n) is 50.5. The van der Waals surface area contributed by atoms with Gasteiger partial charge in [-0.3, -0.25) is 0 Å². The van der Waals surface area contributed by atoms with Gasteiger partial charge in [0, 0.05) is 0 Å². The summed E-state index contributed by atoms with van der Waals surface area (Å²) < 4.78 is 84.9. The fraction of sp³-hybridized carbons (Fsp3) is 0.462. The quantitative estimate of drug-likeness (QED) is 0.0236. The lowest BCUT2D eigenvalue weighted by atomic mass is 9.94. The molecule has 0 radical (unpaired) electrons. The van der Waals surface area contributed by atoms with Gasteiger partial charge in [-0.25, -0.2) is 24.0 Å². The smallest absolute Gasteiger partial charge is 0.338 e. The van der Waals surface area contributed by atoms with Crippen LogP contribution in [0.4, 0.5) is 0 Å². The number of benzene rings is 5. The largest absolute Gasteiger partial charge is 0.450 e. The third-order valence-corrected chi connectivity index (χ3v) is 16.5. The Balaban J connectivity index is 1.05. The normalized spacial score (nSPS) is 35.4. The van der Waals surface area contributed by atoms with Crippen LogP contribution in [0.1, 0.15) is 51.8 Å². The maximum Gasteiger partial charge on any atom is 0.338 e. The Morgan fingerprint density at radius 1 is 0.260 bits per heavy atom. The van der Waals surface area contributed by atoms with Gasteiger partial charge in [-0.15, -0.1) is 0 Å². The minimum absolute atomic E-state index is 0.0468. The number of hydrogen-bond donors (Lipinski definition) is 12. The number of esters is 5. The number of aliphatic hydroxyl groups is 12. The number of aliphatic hydroxyl groups excluding tert-OH is 12. The standard InChI is InChI=1S/C65H72O31/c66-26-36-41(71)46(76)51(88-56(77)31-16-6-1-7-17-31)62(84-36)94-48-43(73)38(28-68)86-64(53(48)90-58(79)33-20-10-3-11-21-33)96-50-45(75)40(30-70)87-65(55(50)92-60(81)35-24-14-5-15-25-35)95-49-44(74)39(29-69)85-63(54(49)91-59(80)34-22-12-4-13-23-34)93-47-42(72)37(27-67)83-61(82)52(47)89-57(78)32-18-8-2-9-19-32/h1-25,36-55,61-76,82H,26-30H2/t36?,37?,38?,39?,40?,41-,42-,43-,44-,45-,46+,47+,48+,49+,50+,51?,52?,53?,54?,55?,61-,62+,63+,64+,65+/m1/s1. The van der Waals surface area contributed by atoms with Crippen LogP contribution < -0.4 is 0 Å². The summed E-state index contributed by atoms with van der Waals surface area (Å²) in [4.78, 5) is 70.4. The van der Waals surface area contributed by atoms with Crippen LogP contribution in [0.2, 0.25) is 0 Å². The first kappa shape index (κ1) is 71.4. The van der Waals surface area contributed by atoms with Gasteiger partial charge in [0.1, 0.15) is 91.6 Å². The van der Waals surface area contributed by atoms with Gasteiger partial charge >= 0.3 is 29.8 Å². The third-order valence-electron chi connectivity index (χ3n) is 16.5. The van der Waals surface area contributed by atoms with Crippen LogP contribution in [0.3, 0.4) is 0 Å². The van der Waals surface area contributed by atoms with Gasteiger partial charge in [0.2, 0.25) is 0 Å². The summed E-state index contributed by atoms with van der Waals surface area (Å²) in [6, 6.07) is 35.9. The van der Waals surface area contributed by atoms with E-state index in [-0.39, 0.29) is 27.8 Å². The molecule has 5 aliphatic rings. The number of carbonyl (C=O) groups is 5. The van der Waals surface area contributed by atoms with Gasteiger partial charge in [-0.1, -0.05) is 91.0 Å². The molecule has 5 aromatic carbocycles. The number of carbonyl (C=O) groups excluding carboxylic acids is 5. The lowest BCUT2D eigenvalue weighted by Crippen LogP contribution is -2.69. The molecule has 31 heteroatoms. The van der Waals surface area contributed by atoms with Crippen molar-refractivity contribution in [3.05, 3.63) is 179 Å². The highest BCUT2D eigenvalue weighted by Gasteiger charge is 2.60. The highest BCUT2D eigenvalue weighted by molar-refractivity contribution is 5.91. The molecule has 5 aliphatic heterocycles. The molecule has 5 aromatic rings. The first-order valence-electron chi connectivity index (χ1n) is 30.4. The molecule has 31 nitrogen and oxygen atoms in total. The molecule has 10 rings (SSSR count). The van der Waals surface area contributed by atoms with Crippen molar-refractivity contribution in [2.24, 2.45) is 0 Å². The van der Waals surface area contributed by atoms with Crippen LogP contribution in [0.5, 0.6) is 0 Å². The number of rotatable bonds is 23. The molecular weight excluding hydrogens is 1280 g/mol. The third kappa shape index (κ3) is 16.1. The predicted octanol–water partition coefficient (Wildman–Crippen LogP) is -2.60. The van der Waals surface area contributed by atoms with E-state index in [1.807, 2.05) is 0 Å². The summed E-state index contributed by atoms with van der Waals surface area (Å²) in [7, 11) is 0. The minimum Gasteiger partial charge on any atom is -0.450 e. The molecule has 25 atom stereocenters. The second-order valence-electron chi connectivity index (χ2n) is 22.7. The molecule has 5 heterocycles. The fourth-order valence-corrected chi connectivity index (χ4v) is 11.4. The maximum absolute atomic E-state index is 14.5. The first-order chi connectivity index (χ1) is 46.4. The minimum atomic E-state index is -2.33. The molecule has 518 valence electrons. The molecule has 0 bridgehead atoms. The molecule has 10 unspecified atom stereocenters. The van der Waals surface area contributed by atoms with E-state index in [2.05, 4.69) is 0 Å². The van der Waals surface area contributed by atoms with Crippen LogP contribution in [-0.4, -0.2) is 278 Å². The van der Waals surface area contributed by atoms with Gasteiger partial charge < -0.3 is 128 Å². The lowest BCUT2D eigenvalue weighted by Gasteiger charge is -2.51. The van der Waals surface area contributed by atoms with E-state index in [4.69, 9.17) is 66.3 Å². The molecule has 0 aromatic heterocycles. The van der Waals surface area contributed by atoms with Crippen LogP contribution >= 0.6 is 0 Å². The Morgan fingerprint density at radius 2 is 0.469 bits per heavy atom. The summed E-state index contributed by atoms with van der Waals surface area (Å²) in [5.41, 5.74) is -0.567. The Kier molecular flexibility index (Phi) is 24.4. The van der Waals surface area contributed by atoms with E-state index in [1.165, 1.54) is 121 Å². The number of ether oxygens (including phenoxy) is 14. The average molecular weight is 1350 g/mol. The summed E-state index contributed by atoms with van der Waals surface area (Å²) in [6.07, 6.45) is -52.1. The second-order valence-corrected chi connectivity index (χ2v) is 22.7. The molecule has 5 fully saturated rings. The van der Waals surface area contributed by atoms with Crippen LogP contribution in [-0.2, 0) is 66.3 Å². The van der Waals surface area contributed by atoms with E-state index in [1.54, 1.807) is 30.3 Å². The van der Waals surface area contributed by atoms with E-state index in [9.17, 15) is 85.3 Å². The van der Waals surface area contributed by atoms with Gasteiger partial charge in [0.15, 0.2) is 62.0 Å². The van der Waals surface area contributed by atoms with Crippen LogP contribution in [0.25, 0.3) is 0 Å². The van der Waals surface area contributed by atoms with E-state index >= 15 is 0 Å². The summed E-state index contributed by atoms with van der Waals surface area (Å²) >= 11 is 0. The predicted molar refractivity (Wildman–Crippen MR) is 315 cm³/mol. The summed E-state index contributed by atoms with van der Waals surface area (Å²) in [5, 5.41) is 136. The first-order valence-corrected chi connectivity index (χ1v) is 30.4. The van der Waals surface area contributed by atoms with Crippen molar-refractivity contribution in [1.29, 1.82) is 0 Å². The SMILES string of the molecule is O=C(OC1[C@H](O[C@@H]2C(OC(=O)c3ccccc3)[C@H](O[C@@H]3C(OC(=O)c4ccccc4)[C@H](O[C@@H]4C(OC(=O)c5ccccc5)[C@H](O[C@@H]5C(OC(=O)c6ccccc6)[C@H](O)OC(CO)[C@H]5O)OC(CO)[C@H]4O)OC(CO)[C@H]3O)OC(CO)[C@H]2O)OC(CO)[C@@H](O)[C@@H]1O)c1ccccc1. The lowest BCUT2D eigenvalue weighted by molar-refractivity contribution is -0.393. The molecule has 0 spiro atoms. The van der Waals surface area contributed by atoms with Gasteiger partial charge in [0.05, 0.1) is 60.9 Å². The van der Waals surface area contributed by atoms with Crippen molar-refractivity contribution in [3.63, 3.8) is 0 Å². The van der Waals surface area contributed by atoms with Gasteiger partial charge in [-0.05, 0) is 60.7 Å². The maximum atomic E-state index is 14.5. The zero-order valence-corrected chi connectivity index (χ0v) is 50.5. The van der Waals surface area contributed by atoms with Crippen molar-refractivity contribution < 1.29 is 152 Å². The molecule has 12 N–H and O–H groups in total. The second kappa shape index (κ2) is 32.8. The Hall–Kier alpha value is -7.39. The molecule has 96 heavy (non-hydrogen) atoms. The topological polar surface area (TPSA) is 457 Å². The number of hydrogen-bond acceptors (Lipinski definition) is 31. The van der Waals surface area contributed by atoms with Crippen molar-refractivity contribution in [2.45, 2.75) is 154 Å². The van der Waals surface area contributed by atoms with Crippen molar-refractivity contribution in [2.75, 3.05) is 33.0 Å². The zero-order chi connectivity index (χ0) is 68.3.